The molecule has 0 bridgehead atoms. The number of hydrogen-bond acceptors (Lipinski definition) is 2. The Morgan fingerprint density at radius 3 is 2.30 bits per heavy atom. The molecule has 0 spiro atoms. The molecule has 1 amide bonds. The van der Waals surface area contributed by atoms with Crippen LogP contribution >= 0.6 is 12.4 Å². The van der Waals surface area contributed by atoms with Crippen LogP contribution in [0.4, 0.5) is 0 Å². The fourth-order valence-electron chi connectivity index (χ4n) is 2.48. The zero-order valence-electron chi connectivity index (χ0n) is 13.9. The minimum Gasteiger partial charge on any atom is -0.352 e. The molecule has 0 saturated heterocycles. The third kappa shape index (κ3) is 5.38. The highest BCUT2D eigenvalue weighted by molar-refractivity contribution is 5.85. The lowest BCUT2D eigenvalue weighted by Crippen LogP contribution is -2.40. The lowest BCUT2D eigenvalue weighted by molar-refractivity contribution is -0.123. The maximum atomic E-state index is 12.3. The van der Waals surface area contributed by atoms with Crippen LogP contribution in [0.25, 0.3) is 0 Å². The Balaban J connectivity index is 0.00000264. The van der Waals surface area contributed by atoms with Crippen LogP contribution in [0.15, 0.2) is 48.5 Å². The van der Waals surface area contributed by atoms with Crippen LogP contribution in [0.1, 0.15) is 35.2 Å². The third-order valence-corrected chi connectivity index (χ3v) is 3.89. The standard InChI is InChI=1S/C19H24N2O.ClH/c1-13-8-10-16(11-9-13)18(20)19(22)21-15(3)12-17-7-5-4-6-14(17)2;/h4-11,15,18H,12,20H2,1-3H3,(H,21,22);1H. The first-order chi connectivity index (χ1) is 10.5. The quantitative estimate of drug-likeness (QED) is 0.880. The molecule has 124 valence electrons. The summed E-state index contributed by atoms with van der Waals surface area (Å²) in [5.74, 6) is -0.134. The highest BCUT2D eigenvalue weighted by Gasteiger charge is 2.17. The van der Waals surface area contributed by atoms with Crippen molar-refractivity contribution in [2.24, 2.45) is 5.73 Å². The number of rotatable bonds is 5. The van der Waals surface area contributed by atoms with Gasteiger partial charge in [0.15, 0.2) is 0 Å². The van der Waals surface area contributed by atoms with E-state index in [1.54, 1.807) is 0 Å². The van der Waals surface area contributed by atoms with Crippen LogP contribution in [0.3, 0.4) is 0 Å². The zero-order chi connectivity index (χ0) is 16.1. The van der Waals surface area contributed by atoms with Crippen LogP contribution < -0.4 is 11.1 Å². The van der Waals surface area contributed by atoms with E-state index in [9.17, 15) is 4.79 Å². The maximum absolute atomic E-state index is 12.3. The van der Waals surface area contributed by atoms with Gasteiger partial charge in [-0.1, -0.05) is 54.1 Å². The first kappa shape index (κ1) is 19.2. The largest absolute Gasteiger partial charge is 0.352 e. The minimum atomic E-state index is -0.625. The Morgan fingerprint density at radius 2 is 1.70 bits per heavy atom. The number of carbonyl (C=O) groups excluding carboxylic acids is 1. The molecule has 0 fully saturated rings. The second-order valence-corrected chi connectivity index (χ2v) is 5.93. The summed E-state index contributed by atoms with van der Waals surface area (Å²) in [6, 6.07) is 15.4. The molecule has 23 heavy (non-hydrogen) atoms. The molecule has 2 rings (SSSR count). The monoisotopic (exact) mass is 332 g/mol. The zero-order valence-corrected chi connectivity index (χ0v) is 14.7. The van der Waals surface area contributed by atoms with Crippen molar-refractivity contribution in [1.29, 1.82) is 0 Å². The molecule has 0 heterocycles. The highest BCUT2D eigenvalue weighted by atomic mass is 35.5. The van der Waals surface area contributed by atoms with Gasteiger partial charge in [-0.15, -0.1) is 12.4 Å². The number of aryl methyl sites for hydroxylation is 2. The van der Waals surface area contributed by atoms with Gasteiger partial charge in [-0.3, -0.25) is 4.79 Å². The van der Waals surface area contributed by atoms with E-state index in [1.165, 1.54) is 11.1 Å². The molecule has 3 N–H and O–H groups in total. The average molecular weight is 333 g/mol. The molecule has 3 nitrogen and oxygen atoms in total. The molecule has 0 aromatic heterocycles. The first-order valence-electron chi connectivity index (χ1n) is 7.64. The second-order valence-electron chi connectivity index (χ2n) is 5.93. The summed E-state index contributed by atoms with van der Waals surface area (Å²) in [5.41, 5.74) is 10.5. The van der Waals surface area contributed by atoms with Crippen molar-refractivity contribution in [3.05, 3.63) is 70.8 Å². The summed E-state index contributed by atoms with van der Waals surface area (Å²) in [6.45, 7) is 6.10. The topological polar surface area (TPSA) is 55.1 Å². The summed E-state index contributed by atoms with van der Waals surface area (Å²) < 4.78 is 0. The third-order valence-electron chi connectivity index (χ3n) is 3.89. The van der Waals surface area contributed by atoms with Gasteiger partial charge >= 0.3 is 0 Å². The summed E-state index contributed by atoms with van der Waals surface area (Å²) in [7, 11) is 0. The van der Waals surface area contributed by atoms with Gasteiger partial charge in [0.1, 0.15) is 6.04 Å². The Labute approximate surface area is 144 Å². The predicted octanol–water partition coefficient (Wildman–Crippen LogP) is 3.47. The summed E-state index contributed by atoms with van der Waals surface area (Å²) in [4.78, 5) is 12.3. The van der Waals surface area contributed by atoms with Crippen molar-refractivity contribution in [1.82, 2.24) is 5.32 Å². The van der Waals surface area contributed by atoms with E-state index in [0.29, 0.717) is 0 Å². The summed E-state index contributed by atoms with van der Waals surface area (Å²) in [5, 5.41) is 3.00. The van der Waals surface area contributed by atoms with Gasteiger partial charge < -0.3 is 11.1 Å². The number of benzene rings is 2. The molecule has 0 saturated carbocycles. The lowest BCUT2D eigenvalue weighted by Gasteiger charge is -2.19. The normalized spacial score (nSPS) is 12.9. The van der Waals surface area contributed by atoms with Crippen molar-refractivity contribution in [2.45, 2.75) is 39.3 Å². The molecule has 0 aliphatic carbocycles. The second kappa shape index (κ2) is 8.70. The van der Waals surface area contributed by atoms with E-state index < -0.39 is 6.04 Å². The van der Waals surface area contributed by atoms with E-state index in [1.807, 2.05) is 50.2 Å². The van der Waals surface area contributed by atoms with Crippen LogP contribution in [0, 0.1) is 13.8 Å². The Bertz CT molecular complexity index is 640. The molecule has 4 heteroatoms. The van der Waals surface area contributed by atoms with E-state index in [-0.39, 0.29) is 24.4 Å². The van der Waals surface area contributed by atoms with Gasteiger partial charge in [-0.2, -0.15) is 0 Å². The number of halogens is 1. The molecule has 2 aromatic rings. The number of nitrogens with one attached hydrogen (secondary N) is 1. The van der Waals surface area contributed by atoms with E-state index >= 15 is 0 Å². The SMILES string of the molecule is Cc1ccc(C(N)C(=O)NC(C)Cc2ccccc2C)cc1.Cl. The number of hydrogen-bond donors (Lipinski definition) is 2. The molecular formula is C19H25ClN2O. The number of carbonyl (C=O) groups is 1. The van der Waals surface area contributed by atoms with Crippen LogP contribution in [-0.4, -0.2) is 11.9 Å². The summed E-state index contributed by atoms with van der Waals surface area (Å²) in [6.07, 6.45) is 0.805. The Hall–Kier alpha value is -1.84. The van der Waals surface area contributed by atoms with Crippen molar-refractivity contribution in [2.75, 3.05) is 0 Å². The van der Waals surface area contributed by atoms with Crippen LogP contribution in [0.2, 0.25) is 0 Å². The summed E-state index contributed by atoms with van der Waals surface area (Å²) >= 11 is 0. The maximum Gasteiger partial charge on any atom is 0.241 e. The van der Waals surface area contributed by atoms with Crippen molar-refractivity contribution < 1.29 is 4.79 Å². The van der Waals surface area contributed by atoms with E-state index in [0.717, 1.165) is 17.5 Å². The van der Waals surface area contributed by atoms with Gasteiger partial charge in [-0.05, 0) is 43.9 Å². The smallest absolute Gasteiger partial charge is 0.241 e. The molecule has 0 radical (unpaired) electrons. The van der Waals surface area contributed by atoms with Crippen LogP contribution in [0.5, 0.6) is 0 Å². The highest BCUT2D eigenvalue weighted by Crippen LogP contribution is 2.13. The molecule has 2 atom stereocenters. The first-order valence-corrected chi connectivity index (χ1v) is 7.64. The average Bonchev–Trinajstić information content (AvgIpc) is 2.49. The van der Waals surface area contributed by atoms with Crippen molar-refractivity contribution >= 4 is 18.3 Å². The molecule has 2 aromatic carbocycles. The Morgan fingerprint density at radius 1 is 1.09 bits per heavy atom. The number of nitrogens with two attached hydrogens (primary N) is 1. The number of amides is 1. The molecular weight excluding hydrogens is 308 g/mol. The van der Waals surface area contributed by atoms with Gasteiger partial charge in [-0.25, -0.2) is 0 Å². The fraction of sp³-hybridized carbons (Fsp3) is 0.316. The van der Waals surface area contributed by atoms with Gasteiger partial charge in [0.25, 0.3) is 0 Å². The van der Waals surface area contributed by atoms with Gasteiger partial charge in [0.05, 0.1) is 0 Å². The Kier molecular flexibility index (Phi) is 7.27. The molecule has 0 aliphatic heterocycles. The minimum absolute atomic E-state index is 0. The van der Waals surface area contributed by atoms with Gasteiger partial charge in [0.2, 0.25) is 5.91 Å². The van der Waals surface area contributed by atoms with E-state index in [4.69, 9.17) is 5.73 Å². The van der Waals surface area contributed by atoms with Crippen molar-refractivity contribution in [3.8, 4) is 0 Å². The molecule has 2 unspecified atom stereocenters. The lowest BCUT2D eigenvalue weighted by atomic mass is 10.0. The van der Waals surface area contributed by atoms with Crippen LogP contribution in [-0.2, 0) is 11.2 Å². The van der Waals surface area contributed by atoms with E-state index in [2.05, 4.69) is 24.4 Å². The van der Waals surface area contributed by atoms with Crippen molar-refractivity contribution in [3.63, 3.8) is 0 Å². The molecule has 0 aliphatic rings. The fourth-order valence-corrected chi connectivity index (χ4v) is 2.48. The van der Waals surface area contributed by atoms with Gasteiger partial charge in [0, 0.05) is 6.04 Å². The predicted molar refractivity (Wildman–Crippen MR) is 97.8 cm³/mol.